The third kappa shape index (κ3) is 3.75. The van der Waals surface area contributed by atoms with Gasteiger partial charge in [0.25, 0.3) is 11.8 Å². The van der Waals surface area contributed by atoms with E-state index in [1.165, 1.54) is 0 Å². The number of benzene rings is 1. The van der Waals surface area contributed by atoms with Crippen LogP contribution in [0.2, 0.25) is 0 Å². The SMILES string of the molecule is CN1CC=CC(C(=O)N2CCCC2)=C1C(=O)Nc1ccn2cc(-c3ccccc3)nc2n1. The fourth-order valence-electron chi connectivity index (χ4n) is 4.13. The fourth-order valence-corrected chi connectivity index (χ4v) is 4.13. The third-order valence-electron chi connectivity index (χ3n) is 5.78. The maximum atomic E-state index is 13.2. The number of amides is 2. The molecule has 0 saturated carbocycles. The van der Waals surface area contributed by atoms with Crippen molar-refractivity contribution in [2.45, 2.75) is 12.8 Å². The van der Waals surface area contributed by atoms with Crippen LogP contribution in [0.1, 0.15) is 12.8 Å². The topological polar surface area (TPSA) is 82.8 Å². The molecule has 2 aliphatic rings. The standard InChI is InChI=1S/C24H24N6O2/c1-28-12-7-10-18(23(32)29-13-5-6-14-29)21(28)22(31)26-20-11-15-30-16-19(25-24(30)27-20)17-8-3-2-4-9-17/h2-4,7-11,15-16H,5-6,12-14H2,1H3,(H,25,26,27,31). The number of nitrogens with zero attached hydrogens (tertiary/aromatic N) is 5. The lowest BCUT2D eigenvalue weighted by Crippen LogP contribution is -2.37. The van der Waals surface area contributed by atoms with Crippen LogP contribution in [-0.4, -0.2) is 62.7 Å². The van der Waals surface area contributed by atoms with Crippen LogP contribution >= 0.6 is 0 Å². The van der Waals surface area contributed by atoms with E-state index >= 15 is 0 Å². The first kappa shape index (κ1) is 20.0. The minimum absolute atomic E-state index is 0.0976. The molecule has 1 saturated heterocycles. The van der Waals surface area contributed by atoms with Gasteiger partial charge in [-0.2, -0.15) is 4.98 Å². The molecule has 2 aromatic heterocycles. The number of hydrogen-bond donors (Lipinski definition) is 1. The third-order valence-corrected chi connectivity index (χ3v) is 5.78. The molecule has 1 fully saturated rings. The highest BCUT2D eigenvalue weighted by Gasteiger charge is 2.29. The van der Waals surface area contributed by atoms with Crippen molar-refractivity contribution in [3.63, 3.8) is 0 Å². The molecule has 0 bridgehead atoms. The molecule has 5 rings (SSSR count). The van der Waals surface area contributed by atoms with Crippen LogP contribution in [0.5, 0.6) is 0 Å². The van der Waals surface area contributed by atoms with Gasteiger partial charge in [-0.25, -0.2) is 4.98 Å². The highest BCUT2D eigenvalue weighted by atomic mass is 16.2. The first-order chi connectivity index (χ1) is 15.6. The minimum atomic E-state index is -0.355. The number of hydrogen-bond acceptors (Lipinski definition) is 5. The zero-order chi connectivity index (χ0) is 22.1. The molecule has 1 aromatic carbocycles. The normalized spacial score (nSPS) is 16.2. The Morgan fingerprint density at radius 1 is 1.03 bits per heavy atom. The Balaban J connectivity index is 1.42. The number of aromatic nitrogens is 3. The molecule has 2 aliphatic heterocycles. The van der Waals surface area contributed by atoms with Crippen LogP contribution < -0.4 is 5.32 Å². The summed E-state index contributed by atoms with van der Waals surface area (Å²) in [4.78, 5) is 38.9. The van der Waals surface area contributed by atoms with E-state index < -0.39 is 0 Å². The number of rotatable bonds is 4. The summed E-state index contributed by atoms with van der Waals surface area (Å²) in [5.74, 6) is 0.419. The summed E-state index contributed by atoms with van der Waals surface area (Å²) in [5, 5.41) is 2.85. The Hall–Kier alpha value is -3.94. The Bertz CT molecular complexity index is 1240. The average molecular weight is 428 g/mol. The maximum absolute atomic E-state index is 13.2. The minimum Gasteiger partial charge on any atom is -0.366 e. The average Bonchev–Trinajstić information content (AvgIpc) is 3.49. The summed E-state index contributed by atoms with van der Waals surface area (Å²) in [6.07, 6.45) is 9.37. The molecule has 1 N–H and O–H groups in total. The predicted molar refractivity (Wildman–Crippen MR) is 122 cm³/mol. The van der Waals surface area contributed by atoms with Gasteiger partial charge in [0.1, 0.15) is 11.5 Å². The molecule has 8 nitrogen and oxygen atoms in total. The van der Waals surface area contributed by atoms with Crippen molar-refractivity contribution in [2.75, 3.05) is 32.0 Å². The lowest BCUT2D eigenvalue weighted by atomic mass is 10.1. The van der Waals surface area contributed by atoms with Crippen LogP contribution in [-0.2, 0) is 9.59 Å². The van der Waals surface area contributed by atoms with Crippen molar-refractivity contribution in [3.8, 4) is 11.3 Å². The van der Waals surface area contributed by atoms with E-state index in [-0.39, 0.29) is 11.8 Å². The van der Waals surface area contributed by atoms with Crippen molar-refractivity contribution in [1.82, 2.24) is 24.2 Å². The van der Waals surface area contributed by atoms with Gasteiger partial charge >= 0.3 is 0 Å². The number of carbonyl (C=O) groups excluding carboxylic acids is 2. The number of likely N-dealkylation sites (tertiary alicyclic amines) is 1. The Morgan fingerprint density at radius 2 is 1.81 bits per heavy atom. The van der Waals surface area contributed by atoms with E-state index in [1.807, 2.05) is 65.1 Å². The first-order valence-electron chi connectivity index (χ1n) is 10.7. The fraction of sp³-hybridized carbons (Fsp3) is 0.250. The second-order valence-corrected chi connectivity index (χ2v) is 8.01. The highest BCUT2D eigenvalue weighted by molar-refractivity contribution is 6.11. The zero-order valence-electron chi connectivity index (χ0n) is 17.9. The number of likely N-dealkylation sites (N-methyl/N-ethyl adjacent to an activating group) is 1. The largest absolute Gasteiger partial charge is 0.366 e. The maximum Gasteiger partial charge on any atom is 0.273 e. The summed E-state index contributed by atoms with van der Waals surface area (Å²) >= 11 is 0. The highest BCUT2D eigenvalue weighted by Crippen LogP contribution is 2.23. The molecule has 0 radical (unpaired) electrons. The van der Waals surface area contributed by atoms with Gasteiger partial charge in [-0.15, -0.1) is 0 Å². The lowest BCUT2D eigenvalue weighted by Gasteiger charge is -2.27. The van der Waals surface area contributed by atoms with Crippen LogP contribution in [0.4, 0.5) is 5.82 Å². The number of fused-ring (bicyclic) bond motifs is 1. The number of carbonyl (C=O) groups is 2. The summed E-state index contributed by atoms with van der Waals surface area (Å²) in [7, 11) is 1.81. The van der Waals surface area contributed by atoms with Gasteiger partial charge in [0.2, 0.25) is 5.78 Å². The van der Waals surface area contributed by atoms with Crippen LogP contribution in [0.15, 0.2) is 72.2 Å². The van der Waals surface area contributed by atoms with E-state index in [2.05, 4.69) is 15.3 Å². The monoisotopic (exact) mass is 428 g/mol. The van der Waals surface area contributed by atoms with Gasteiger partial charge in [0, 0.05) is 44.6 Å². The first-order valence-corrected chi connectivity index (χ1v) is 10.7. The Labute approximate surface area is 185 Å². The van der Waals surface area contributed by atoms with Crippen LogP contribution in [0, 0.1) is 0 Å². The van der Waals surface area contributed by atoms with E-state index in [1.54, 1.807) is 17.0 Å². The molecule has 0 aliphatic carbocycles. The smallest absolute Gasteiger partial charge is 0.273 e. The van der Waals surface area contributed by atoms with Crippen molar-refractivity contribution in [1.29, 1.82) is 0 Å². The van der Waals surface area contributed by atoms with Gasteiger partial charge in [-0.1, -0.05) is 36.4 Å². The molecule has 3 aromatic rings. The second-order valence-electron chi connectivity index (χ2n) is 8.01. The van der Waals surface area contributed by atoms with Gasteiger partial charge in [0.15, 0.2) is 0 Å². The number of nitrogens with one attached hydrogen (secondary N) is 1. The summed E-state index contributed by atoms with van der Waals surface area (Å²) < 4.78 is 1.81. The Kier molecular flexibility index (Phi) is 5.18. The van der Waals surface area contributed by atoms with Gasteiger partial charge in [-0.05, 0) is 25.0 Å². The van der Waals surface area contributed by atoms with Crippen LogP contribution in [0.25, 0.3) is 17.0 Å². The quantitative estimate of drug-likeness (QED) is 0.691. The molecular formula is C24H24N6O2. The van der Waals surface area contributed by atoms with Crippen LogP contribution in [0.3, 0.4) is 0 Å². The molecule has 0 atom stereocenters. The van der Waals surface area contributed by atoms with E-state index in [0.29, 0.717) is 29.4 Å². The zero-order valence-corrected chi connectivity index (χ0v) is 17.9. The summed E-state index contributed by atoms with van der Waals surface area (Å²) in [6.45, 7) is 2.03. The predicted octanol–water partition coefficient (Wildman–Crippen LogP) is 2.71. The molecule has 32 heavy (non-hydrogen) atoms. The van der Waals surface area contributed by atoms with Gasteiger partial charge in [-0.3, -0.25) is 14.0 Å². The van der Waals surface area contributed by atoms with Gasteiger partial charge in [0.05, 0.1) is 11.3 Å². The van der Waals surface area contributed by atoms with Crippen molar-refractivity contribution in [2.24, 2.45) is 0 Å². The number of anilines is 1. The molecule has 2 amide bonds. The van der Waals surface area contributed by atoms with E-state index in [0.717, 1.165) is 37.2 Å². The van der Waals surface area contributed by atoms with E-state index in [4.69, 9.17) is 0 Å². The van der Waals surface area contributed by atoms with Crippen molar-refractivity contribution < 1.29 is 9.59 Å². The summed E-state index contributed by atoms with van der Waals surface area (Å²) in [5.41, 5.74) is 2.58. The molecular weight excluding hydrogens is 404 g/mol. The van der Waals surface area contributed by atoms with Crippen molar-refractivity contribution in [3.05, 3.63) is 72.2 Å². The molecule has 0 spiro atoms. The van der Waals surface area contributed by atoms with E-state index in [9.17, 15) is 9.59 Å². The molecule has 8 heteroatoms. The molecule has 0 unspecified atom stereocenters. The molecule has 4 heterocycles. The molecule has 162 valence electrons. The second kappa shape index (κ2) is 8.30. The lowest BCUT2D eigenvalue weighted by molar-refractivity contribution is -0.126. The van der Waals surface area contributed by atoms with Crippen molar-refractivity contribution >= 4 is 23.4 Å². The van der Waals surface area contributed by atoms with Gasteiger partial charge < -0.3 is 15.1 Å². The Morgan fingerprint density at radius 3 is 2.59 bits per heavy atom. The summed E-state index contributed by atoms with van der Waals surface area (Å²) in [6, 6.07) is 11.6. The number of imidazole rings is 1.